The van der Waals surface area contributed by atoms with Crippen molar-refractivity contribution in [2.45, 2.75) is 38.5 Å². The largest absolute Gasteiger partial charge is 0.294 e. The van der Waals surface area contributed by atoms with Gasteiger partial charge in [0.05, 0.1) is 5.56 Å². The molecule has 1 fully saturated rings. The number of carbonyl (C=O) groups excluding carboxylic acids is 1. The molecule has 1 aliphatic rings. The third-order valence-corrected chi connectivity index (χ3v) is 3.59. The number of Topliss-reactive ketones (excluding diaryl/α,β-unsaturated/α-hetero) is 1. The first-order valence-corrected chi connectivity index (χ1v) is 6.26. The summed E-state index contributed by atoms with van der Waals surface area (Å²) in [7, 11) is 0. The average Bonchev–Trinajstić information content (AvgIpc) is 2.86. The average molecular weight is 256 g/mol. The Morgan fingerprint density at radius 3 is 2.44 bits per heavy atom. The highest BCUT2D eigenvalue weighted by Crippen LogP contribution is 2.29. The number of halogens is 3. The summed E-state index contributed by atoms with van der Waals surface area (Å²) >= 11 is 0. The maximum atomic E-state index is 13.4. The van der Waals surface area contributed by atoms with Gasteiger partial charge in [-0.3, -0.25) is 4.79 Å². The summed E-state index contributed by atoms with van der Waals surface area (Å²) in [5.41, 5.74) is -0.341. The lowest BCUT2D eigenvalue weighted by Crippen LogP contribution is -2.07. The molecule has 0 amide bonds. The van der Waals surface area contributed by atoms with Gasteiger partial charge in [-0.15, -0.1) is 0 Å². The second-order valence-corrected chi connectivity index (χ2v) is 4.84. The predicted molar refractivity (Wildman–Crippen MR) is 61.8 cm³/mol. The Labute approximate surface area is 104 Å². The van der Waals surface area contributed by atoms with Gasteiger partial charge in [0.25, 0.3) is 0 Å². The molecule has 0 aliphatic heterocycles. The molecular weight excluding hydrogens is 241 g/mol. The first-order valence-electron chi connectivity index (χ1n) is 6.26. The Hall–Kier alpha value is -1.32. The van der Waals surface area contributed by atoms with Crippen molar-refractivity contribution in [1.82, 2.24) is 0 Å². The third kappa shape index (κ3) is 2.74. The minimum atomic E-state index is -1.57. The Bertz CT molecular complexity index is 451. The number of carbonyl (C=O) groups is 1. The molecule has 4 heteroatoms. The lowest BCUT2D eigenvalue weighted by atomic mass is 9.97. The van der Waals surface area contributed by atoms with Crippen molar-refractivity contribution in [2.24, 2.45) is 5.92 Å². The van der Waals surface area contributed by atoms with Crippen LogP contribution < -0.4 is 0 Å². The van der Waals surface area contributed by atoms with Crippen LogP contribution in [0.4, 0.5) is 13.2 Å². The molecule has 18 heavy (non-hydrogen) atoms. The molecule has 0 saturated heterocycles. The highest BCUT2D eigenvalue weighted by Gasteiger charge is 2.21. The second-order valence-electron chi connectivity index (χ2n) is 4.84. The van der Waals surface area contributed by atoms with Crippen LogP contribution >= 0.6 is 0 Å². The van der Waals surface area contributed by atoms with E-state index in [1.807, 2.05) is 0 Å². The third-order valence-electron chi connectivity index (χ3n) is 3.59. The fourth-order valence-electron chi connectivity index (χ4n) is 2.51. The van der Waals surface area contributed by atoms with Crippen molar-refractivity contribution < 1.29 is 18.0 Å². The van der Waals surface area contributed by atoms with Gasteiger partial charge >= 0.3 is 0 Å². The molecule has 1 saturated carbocycles. The number of hydrogen-bond acceptors (Lipinski definition) is 1. The highest BCUT2D eigenvalue weighted by molar-refractivity contribution is 5.96. The molecule has 98 valence electrons. The van der Waals surface area contributed by atoms with E-state index in [-0.39, 0.29) is 12.0 Å². The Morgan fingerprint density at radius 2 is 1.78 bits per heavy atom. The highest BCUT2D eigenvalue weighted by atomic mass is 19.2. The second kappa shape index (κ2) is 5.55. The lowest BCUT2D eigenvalue weighted by Gasteiger charge is -2.08. The lowest BCUT2D eigenvalue weighted by molar-refractivity contribution is 0.0968. The maximum Gasteiger partial charge on any atom is 0.195 e. The van der Waals surface area contributed by atoms with Crippen LogP contribution in [0.1, 0.15) is 48.9 Å². The number of ketones is 1. The molecule has 0 heterocycles. The molecule has 0 aromatic heterocycles. The molecule has 1 aromatic rings. The van der Waals surface area contributed by atoms with E-state index in [0.29, 0.717) is 12.3 Å². The van der Waals surface area contributed by atoms with Crippen molar-refractivity contribution in [3.63, 3.8) is 0 Å². The molecule has 0 N–H and O–H groups in total. The summed E-state index contributed by atoms with van der Waals surface area (Å²) in [6, 6.07) is 1.81. The van der Waals surface area contributed by atoms with Gasteiger partial charge in [0.2, 0.25) is 0 Å². The monoisotopic (exact) mass is 256 g/mol. The molecule has 0 unspecified atom stereocenters. The van der Waals surface area contributed by atoms with Crippen molar-refractivity contribution in [3.8, 4) is 0 Å². The van der Waals surface area contributed by atoms with Crippen molar-refractivity contribution in [2.75, 3.05) is 0 Å². The first kappa shape index (κ1) is 13.1. The molecule has 2 rings (SSSR count). The zero-order chi connectivity index (χ0) is 13.1. The fourth-order valence-corrected chi connectivity index (χ4v) is 2.51. The summed E-state index contributed by atoms with van der Waals surface area (Å²) in [6.45, 7) is 0. The molecular formula is C14H15F3O. The zero-order valence-electron chi connectivity index (χ0n) is 10.0. The summed E-state index contributed by atoms with van der Waals surface area (Å²) in [5.74, 6) is -4.13. The standard InChI is InChI=1S/C14H15F3O/c15-11-7-6-10(13(16)14(11)17)12(18)8-5-9-3-1-2-4-9/h6-7,9H,1-5,8H2. The smallest absolute Gasteiger partial charge is 0.195 e. The molecule has 0 spiro atoms. The van der Waals surface area contributed by atoms with Crippen LogP contribution in [0, 0.1) is 23.4 Å². The van der Waals surface area contributed by atoms with Crippen molar-refractivity contribution >= 4 is 5.78 Å². The zero-order valence-corrected chi connectivity index (χ0v) is 10.0. The molecule has 0 atom stereocenters. The van der Waals surface area contributed by atoms with Crippen LogP contribution in [0.25, 0.3) is 0 Å². The Kier molecular flexibility index (Phi) is 4.04. The quantitative estimate of drug-likeness (QED) is 0.581. The number of benzene rings is 1. The van der Waals surface area contributed by atoms with Gasteiger partial charge in [0.15, 0.2) is 23.2 Å². The van der Waals surface area contributed by atoms with Gasteiger partial charge in [-0.1, -0.05) is 25.7 Å². The van der Waals surface area contributed by atoms with Crippen LogP contribution in [0.3, 0.4) is 0 Å². The molecule has 0 radical (unpaired) electrons. The van der Waals surface area contributed by atoms with E-state index in [1.165, 1.54) is 12.8 Å². The maximum absolute atomic E-state index is 13.4. The van der Waals surface area contributed by atoms with Crippen molar-refractivity contribution in [1.29, 1.82) is 0 Å². The van der Waals surface area contributed by atoms with Gasteiger partial charge in [-0.25, -0.2) is 13.2 Å². The van der Waals surface area contributed by atoms with Crippen LogP contribution in [-0.4, -0.2) is 5.78 Å². The van der Waals surface area contributed by atoms with Crippen LogP contribution in [0.15, 0.2) is 12.1 Å². The normalized spacial score (nSPS) is 16.2. The van der Waals surface area contributed by atoms with E-state index in [9.17, 15) is 18.0 Å². The van der Waals surface area contributed by atoms with Crippen LogP contribution in [-0.2, 0) is 0 Å². The van der Waals surface area contributed by atoms with Gasteiger partial charge in [0.1, 0.15) is 0 Å². The minimum absolute atomic E-state index is 0.201. The fraction of sp³-hybridized carbons (Fsp3) is 0.500. The van der Waals surface area contributed by atoms with Gasteiger partial charge in [-0.05, 0) is 24.5 Å². The van der Waals surface area contributed by atoms with E-state index in [2.05, 4.69) is 0 Å². The van der Waals surface area contributed by atoms with Gasteiger partial charge in [-0.2, -0.15) is 0 Å². The first-order chi connectivity index (χ1) is 8.59. The SMILES string of the molecule is O=C(CCC1CCCC1)c1ccc(F)c(F)c1F. The van der Waals surface area contributed by atoms with Gasteiger partial charge in [0, 0.05) is 6.42 Å². The van der Waals surface area contributed by atoms with E-state index in [1.54, 1.807) is 0 Å². The van der Waals surface area contributed by atoms with E-state index in [4.69, 9.17) is 0 Å². The van der Waals surface area contributed by atoms with E-state index in [0.717, 1.165) is 25.0 Å². The summed E-state index contributed by atoms with van der Waals surface area (Å²) < 4.78 is 39.1. The van der Waals surface area contributed by atoms with Crippen molar-refractivity contribution in [3.05, 3.63) is 35.1 Å². The number of hydrogen-bond donors (Lipinski definition) is 0. The Morgan fingerprint density at radius 1 is 1.11 bits per heavy atom. The topological polar surface area (TPSA) is 17.1 Å². The Balaban J connectivity index is 2.02. The summed E-state index contributed by atoms with van der Waals surface area (Å²) in [5, 5.41) is 0. The molecule has 1 aromatic carbocycles. The molecule has 0 bridgehead atoms. The summed E-state index contributed by atoms with van der Waals surface area (Å²) in [4.78, 5) is 11.8. The molecule has 1 aliphatic carbocycles. The van der Waals surface area contributed by atoms with Crippen LogP contribution in [0.5, 0.6) is 0 Å². The minimum Gasteiger partial charge on any atom is -0.294 e. The van der Waals surface area contributed by atoms with E-state index < -0.39 is 23.2 Å². The van der Waals surface area contributed by atoms with E-state index >= 15 is 0 Å². The molecule has 1 nitrogen and oxygen atoms in total. The van der Waals surface area contributed by atoms with Crippen LogP contribution in [0.2, 0.25) is 0 Å². The summed E-state index contributed by atoms with van der Waals surface area (Å²) in [6.07, 6.45) is 5.47. The predicted octanol–water partition coefficient (Wildman–Crippen LogP) is 4.26. The number of rotatable bonds is 4. The van der Waals surface area contributed by atoms with Gasteiger partial charge < -0.3 is 0 Å².